The summed E-state index contributed by atoms with van der Waals surface area (Å²) in [4.78, 5) is 11.5. The Balaban J connectivity index is 2.35. The summed E-state index contributed by atoms with van der Waals surface area (Å²) < 4.78 is 29.1. The van der Waals surface area contributed by atoms with Crippen molar-refractivity contribution in [2.45, 2.75) is 25.8 Å². The lowest BCUT2D eigenvalue weighted by Crippen LogP contribution is -2.16. The third-order valence-electron chi connectivity index (χ3n) is 3.06. The van der Waals surface area contributed by atoms with E-state index < -0.39 is 15.8 Å². The van der Waals surface area contributed by atoms with Crippen molar-refractivity contribution in [1.29, 1.82) is 0 Å². The van der Waals surface area contributed by atoms with Gasteiger partial charge in [-0.25, -0.2) is 17.9 Å². The highest BCUT2D eigenvalue weighted by molar-refractivity contribution is 7.91. The SMILES string of the molecule is CCc1c(C(=O)OC)nnn1C1CCS(=O)(=O)C1. The number of hydrogen-bond acceptors (Lipinski definition) is 6. The van der Waals surface area contributed by atoms with Gasteiger partial charge >= 0.3 is 5.97 Å². The van der Waals surface area contributed by atoms with E-state index in [0.717, 1.165) is 0 Å². The molecule has 7 nitrogen and oxygen atoms in total. The van der Waals surface area contributed by atoms with Gasteiger partial charge in [0.2, 0.25) is 0 Å². The van der Waals surface area contributed by atoms with E-state index in [0.29, 0.717) is 18.5 Å². The van der Waals surface area contributed by atoms with E-state index in [2.05, 4.69) is 15.0 Å². The zero-order valence-electron chi connectivity index (χ0n) is 10.3. The number of carbonyl (C=O) groups is 1. The van der Waals surface area contributed by atoms with E-state index >= 15 is 0 Å². The number of aromatic nitrogens is 3. The van der Waals surface area contributed by atoms with Gasteiger partial charge in [-0.3, -0.25) is 0 Å². The van der Waals surface area contributed by atoms with E-state index in [1.165, 1.54) is 7.11 Å². The van der Waals surface area contributed by atoms with Crippen LogP contribution >= 0.6 is 0 Å². The van der Waals surface area contributed by atoms with Crippen LogP contribution in [0.4, 0.5) is 0 Å². The Bertz CT molecular complexity index is 564. The third kappa shape index (κ3) is 2.24. The molecule has 8 heteroatoms. The van der Waals surface area contributed by atoms with E-state index in [-0.39, 0.29) is 23.2 Å². The van der Waals surface area contributed by atoms with Crippen molar-refractivity contribution in [2.75, 3.05) is 18.6 Å². The molecule has 0 saturated carbocycles. The molecular weight excluding hydrogens is 258 g/mol. The molecule has 0 radical (unpaired) electrons. The Labute approximate surface area is 105 Å². The molecule has 0 amide bonds. The predicted octanol–water partition coefficient (Wildman–Crippen LogP) is -0.0133. The van der Waals surface area contributed by atoms with Crippen LogP contribution in [0, 0.1) is 0 Å². The minimum Gasteiger partial charge on any atom is -0.464 e. The summed E-state index contributed by atoms with van der Waals surface area (Å²) in [6.07, 6.45) is 1.06. The van der Waals surface area contributed by atoms with Crippen LogP contribution in [0.15, 0.2) is 0 Å². The van der Waals surface area contributed by atoms with Gasteiger partial charge < -0.3 is 4.74 Å². The monoisotopic (exact) mass is 273 g/mol. The fraction of sp³-hybridized carbons (Fsp3) is 0.700. The maximum Gasteiger partial charge on any atom is 0.360 e. The van der Waals surface area contributed by atoms with Crippen LogP contribution in [0.25, 0.3) is 0 Å². The van der Waals surface area contributed by atoms with Crippen LogP contribution < -0.4 is 0 Å². The summed E-state index contributed by atoms with van der Waals surface area (Å²) in [5.41, 5.74) is 0.799. The average Bonchev–Trinajstić information content (AvgIpc) is 2.90. The first-order valence-corrected chi connectivity index (χ1v) is 7.53. The van der Waals surface area contributed by atoms with E-state index in [1.54, 1.807) is 4.68 Å². The number of esters is 1. The molecule has 2 heterocycles. The average molecular weight is 273 g/mol. The van der Waals surface area contributed by atoms with Gasteiger partial charge in [-0.1, -0.05) is 12.1 Å². The lowest BCUT2D eigenvalue weighted by atomic mass is 10.2. The summed E-state index contributed by atoms with van der Waals surface area (Å²) in [6.45, 7) is 1.87. The molecular formula is C10H15N3O4S. The van der Waals surface area contributed by atoms with Crippen molar-refractivity contribution in [3.05, 3.63) is 11.4 Å². The normalized spacial score (nSPS) is 22.0. The molecule has 1 aliphatic rings. The fourth-order valence-corrected chi connectivity index (χ4v) is 3.85. The Kier molecular flexibility index (Phi) is 3.38. The fourth-order valence-electron chi connectivity index (χ4n) is 2.16. The van der Waals surface area contributed by atoms with Crippen LogP contribution in [0.5, 0.6) is 0 Å². The van der Waals surface area contributed by atoms with Crippen molar-refractivity contribution in [2.24, 2.45) is 0 Å². The van der Waals surface area contributed by atoms with Gasteiger partial charge in [-0.15, -0.1) is 5.10 Å². The van der Waals surface area contributed by atoms with Crippen LogP contribution in [-0.2, 0) is 21.0 Å². The summed E-state index contributed by atoms with van der Waals surface area (Å²) in [7, 11) is -1.71. The van der Waals surface area contributed by atoms with Crippen LogP contribution in [0.3, 0.4) is 0 Å². The number of hydrogen-bond donors (Lipinski definition) is 0. The second-order valence-corrected chi connectivity index (χ2v) is 6.46. The number of methoxy groups -OCH3 is 1. The van der Waals surface area contributed by atoms with E-state index in [1.807, 2.05) is 6.92 Å². The molecule has 18 heavy (non-hydrogen) atoms. The molecule has 0 N–H and O–H groups in total. The molecule has 1 aromatic rings. The van der Waals surface area contributed by atoms with Crippen molar-refractivity contribution in [3.8, 4) is 0 Å². The van der Waals surface area contributed by atoms with Crippen LogP contribution in [0.1, 0.15) is 35.6 Å². The second-order valence-electron chi connectivity index (χ2n) is 4.23. The maximum atomic E-state index is 11.5. The molecule has 0 aliphatic carbocycles. The standard InChI is InChI=1S/C10H15N3O4S/c1-3-8-9(10(14)17-2)11-12-13(8)7-4-5-18(15,16)6-7/h7H,3-6H2,1-2H3. The number of sulfone groups is 1. The Hall–Kier alpha value is -1.44. The molecule has 1 aromatic heterocycles. The number of rotatable bonds is 3. The Morgan fingerprint density at radius 1 is 1.56 bits per heavy atom. The van der Waals surface area contributed by atoms with E-state index in [9.17, 15) is 13.2 Å². The summed E-state index contributed by atoms with van der Waals surface area (Å²) >= 11 is 0. The summed E-state index contributed by atoms with van der Waals surface area (Å²) in [5.74, 6) is -0.322. The first-order valence-electron chi connectivity index (χ1n) is 5.71. The van der Waals surface area contributed by atoms with E-state index in [4.69, 9.17) is 0 Å². The minimum atomic E-state index is -2.99. The van der Waals surface area contributed by atoms with Gasteiger partial charge in [0.15, 0.2) is 15.5 Å². The molecule has 1 aliphatic heterocycles. The highest BCUT2D eigenvalue weighted by Crippen LogP contribution is 2.25. The molecule has 1 fully saturated rings. The Morgan fingerprint density at radius 2 is 2.28 bits per heavy atom. The lowest BCUT2D eigenvalue weighted by Gasteiger charge is -2.11. The highest BCUT2D eigenvalue weighted by atomic mass is 32.2. The number of carbonyl (C=O) groups excluding carboxylic acids is 1. The summed E-state index contributed by atoms with van der Waals surface area (Å²) in [6, 6.07) is -0.226. The molecule has 0 spiro atoms. The molecule has 0 aromatic carbocycles. The minimum absolute atomic E-state index is 0.0595. The van der Waals surface area contributed by atoms with Gasteiger partial charge in [-0.05, 0) is 12.8 Å². The van der Waals surface area contributed by atoms with Gasteiger partial charge in [0.25, 0.3) is 0 Å². The van der Waals surface area contributed by atoms with Crippen molar-refractivity contribution in [3.63, 3.8) is 0 Å². The number of ether oxygens (including phenoxy) is 1. The molecule has 0 bridgehead atoms. The first kappa shape index (κ1) is 13.0. The Morgan fingerprint density at radius 3 is 2.78 bits per heavy atom. The van der Waals surface area contributed by atoms with Gasteiger partial charge in [0, 0.05) is 0 Å². The maximum absolute atomic E-state index is 11.5. The molecule has 100 valence electrons. The predicted molar refractivity (Wildman–Crippen MR) is 63.0 cm³/mol. The lowest BCUT2D eigenvalue weighted by molar-refractivity contribution is 0.0592. The number of nitrogens with zero attached hydrogens (tertiary/aromatic N) is 3. The smallest absolute Gasteiger partial charge is 0.360 e. The van der Waals surface area contributed by atoms with Gasteiger partial charge in [0.05, 0.1) is 30.4 Å². The van der Waals surface area contributed by atoms with Crippen molar-refractivity contribution >= 4 is 15.8 Å². The molecule has 2 rings (SSSR count). The molecule has 1 unspecified atom stereocenters. The second kappa shape index (κ2) is 4.68. The third-order valence-corrected chi connectivity index (χ3v) is 4.81. The zero-order chi connectivity index (χ0) is 13.3. The molecule has 1 saturated heterocycles. The van der Waals surface area contributed by atoms with Gasteiger partial charge in [0.1, 0.15) is 0 Å². The topological polar surface area (TPSA) is 91.2 Å². The highest BCUT2D eigenvalue weighted by Gasteiger charge is 2.32. The van der Waals surface area contributed by atoms with Gasteiger partial charge in [-0.2, -0.15) is 0 Å². The summed E-state index contributed by atoms with van der Waals surface area (Å²) in [5, 5.41) is 7.70. The largest absolute Gasteiger partial charge is 0.464 e. The first-order chi connectivity index (χ1) is 8.48. The zero-order valence-corrected chi connectivity index (χ0v) is 11.1. The van der Waals surface area contributed by atoms with Crippen LogP contribution in [0.2, 0.25) is 0 Å². The van der Waals surface area contributed by atoms with Crippen molar-refractivity contribution in [1.82, 2.24) is 15.0 Å². The van der Waals surface area contributed by atoms with Crippen LogP contribution in [-0.4, -0.2) is 48.0 Å². The molecule has 1 atom stereocenters. The quantitative estimate of drug-likeness (QED) is 0.719. The van der Waals surface area contributed by atoms with Crippen molar-refractivity contribution < 1.29 is 17.9 Å².